The molecule has 47 heavy (non-hydrogen) atoms. The maximum Gasteiger partial charge on any atom is 0.0551 e. The molecule has 8 rings (SSSR count). The van der Waals surface area contributed by atoms with Gasteiger partial charge in [-0.1, -0.05) is 163 Å². The third-order valence-electron chi connectivity index (χ3n) is 8.62. The van der Waals surface area contributed by atoms with Crippen LogP contribution in [0, 0.1) is 6.92 Å². The quantitative estimate of drug-likeness (QED) is 0.211. The molecule has 0 spiro atoms. The van der Waals surface area contributed by atoms with Gasteiger partial charge >= 0.3 is 0 Å². The highest BCUT2D eigenvalue weighted by Gasteiger charge is 2.19. The number of rotatable bonds is 4. The van der Waals surface area contributed by atoms with Crippen molar-refractivity contribution in [1.29, 1.82) is 0 Å². The van der Waals surface area contributed by atoms with E-state index < -0.39 is 0 Å². The molecule has 2 heterocycles. The molecule has 1 atom stereocenters. The molecule has 0 saturated heterocycles. The van der Waals surface area contributed by atoms with Crippen LogP contribution in [0.4, 0.5) is 0 Å². The summed E-state index contributed by atoms with van der Waals surface area (Å²) in [4.78, 5) is 2.52. The van der Waals surface area contributed by atoms with Crippen molar-refractivity contribution in [2.75, 3.05) is 0 Å². The molecule has 0 amide bonds. The molecule has 6 aromatic carbocycles. The number of benzene rings is 6. The number of thioether (sulfide) groups is 1. The highest BCUT2D eigenvalue weighted by Crippen LogP contribution is 2.48. The molecule has 0 bridgehead atoms. The van der Waals surface area contributed by atoms with Gasteiger partial charge < -0.3 is 10.3 Å². The van der Waals surface area contributed by atoms with Crippen molar-refractivity contribution < 1.29 is 0 Å². The smallest absolute Gasteiger partial charge is 0.0551 e. The van der Waals surface area contributed by atoms with Crippen LogP contribution in [0.25, 0.3) is 45.3 Å². The van der Waals surface area contributed by atoms with Crippen LogP contribution in [0.15, 0.2) is 169 Å². The monoisotopic (exact) mass is 624 g/mol. The van der Waals surface area contributed by atoms with Crippen molar-refractivity contribution in [3.63, 3.8) is 0 Å². The molecular formula is C44H36N2S. The van der Waals surface area contributed by atoms with E-state index in [2.05, 4.69) is 152 Å². The summed E-state index contributed by atoms with van der Waals surface area (Å²) in [5, 5.41) is 3.28. The van der Waals surface area contributed by atoms with E-state index in [0.29, 0.717) is 0 Å². The molecule has 1 unspecified atom stereocenters. The lowest BCUT2D eigenvalue weighted by Crippen LogP contribution is -2.26. The minimum absolute atomic E-state index is 0.160. The molecule has 2 N–H and O–H groups in total. The number of fused-ring (bicyclic) bond motifs is 4. The van der Waals surface area contributed by atoms with Crippen LogP contribution in [0.5, 0.6) is 0 Å². The second-order valence-electron chi connectivity index (χ2n) is 11.7. The Balaban J connectivity index is 0.000000447. The summed E-state index contributed by atoms with van der Waals surface area (Å²) in [6.45, 7) is 6.64. The molecule has 228 valence electrons. The standard InChI is InChI=1S/C37H28N2S.C7H8/c1-25-29(23-24-36-33-15-6-5-13-30(33)32-16-8-10-18-35(32)40-36)31-14-7-9-17-34(31)39(25)28-21-19-27(20-22-28)37(38)26-11-3-2-4-12-26;1-7-5-3-2-4-6-7/h2-24,37H,1,38H2;2-6H,1H3/b29-23+,36-24-;. The van der Waals surface area contributed by atoms with E-state index in [1.807, 2.05) is 48.2 Å². The van der Waals surface area contributed by atoms with Crippen molar-refractivity contribution >= 4 is 40.2 Å². The molecule has 0 saturated carbocycles. The predicted octanol–water partition coefficient (Wildman–Crippen LogP) is 9.68. The largest absolute Gasteiger partial charge is 0.320 e. The molecule has 1 aliphatic rings. The highest BCUT2D eigenvalue weighted by molar-refractivity contribution is 8.08. The van der Waals surface area contributed by atoms with Gasteiger partial charge in [-0.2, -0.15) is 0 Å². The third kappa shape index (κ3) is 6.24. The Labute approximate surface area is 280 Å². The van der Waals surface area contributed by atoms with Gasteiger partial charge in [0.2, 0.25) is 0 Å². The van der Waals surface area contributed by atoms with Crippen LogP contribution >= 0.6 is 11.8 Å². The minimum Gasteiger partial charge on any atom is -0.320 e. The Morgan fingerprint density at radius 3 is 1.87 bits per heavy atom. The van der Waals surface area contributed by atoms with Crippen molar-refractivity contribution in [2.45, 2.75) is 17.9 Å². The van der Waals surface area contributed by atoms with Gasteiger partial charge in [-0.15, -0.1) is 0 Å². The summed E-state index contributed by atoms with van der Waals surface area (Å²) in [6, 6.07) is 54.7. The first kappa shape index (κ1) is 30.3. The Morgan fingerprint density at radius 1 is 0.596 bits per heavy atom. The first-order valence-electron chi connectivity index (χ1n) is 15.9. The zero-order valence-corrected chi connectivity index (χ0v) is 27.2. The fraction of sp³-hybridized carbons (Fsp3) is 0.0455. The van der Waals surface area contributed by atoms with Gasteiger partial charge in [0.15, 0.2) is 0 Å². The molecule has 0 radical (unpaired) electrons. The first-order valence-corrected chi connectivity index (χ1v) is 16.7. The van der Waals surface area contributed by atoms with Gasteiger partial charge in [-0.05, 0) is 65.1 Å². The number of hydrogen-bond donors (Lipinski definition) is 1. The fourth-order valence-corrected chi connectivity index (χ4v) is 7.28. The molecule has 0 aliphatic carbocycles. The summed E-state index contributed by atoms with van der Waals surface area (Å²) in [5.74, 6) is 0. The van der Waals surface area contributed by atoms with E-state index in [1.54, 1.807) is 0 Å². The van der Waals surface area contributed by atoms with Crippen molar-refractivity contribution in [3.8, 4) is 16.8 Å². The Hall–Kier alpha value is -5.35. The van der Waals surface area contributed by atoms with E-state index in [0.717, 1.165) is 32.9 Å². The molecule has 7 aromatic rings. The third-order valence-corrected chi connectivity index (χ3v) is 9.77. The Bertz CT molecular complexity index is 2300. The average molecular weight is 625 g/mol. The number of aromatic nitrogens is 1. The van der Waals surface area contributed by atoms with Crippen LogP contribution < -0.4 is 16.3 Å². The van der Waals surface area contributed by atoms with Gasteiger partial charge in [0.05, 0.1) is 11.6 Å². The van der Waals surface area contributed by atoms with Crippen molar-refractivity contribution in [2.24, 2.45) is 5.73 Å². The van der Waals surface area contributed by atoms with Gasteiger partial charge in [-0.25, -0.2) is 0 Å². The number of nitrogens with two attached hydrogens (primary N) is 1. The van der Waals surface area contributed by atoms with E-state index in [-0.39, 0.29) is 6.04 Å². The number of para-hydroxylation sites is 1. The Morgan fingerprint density at radius 2 is 1.17 bits per heavy atom. The van der Waals surface area contributed by atoms with E-state index in [4.69, 9.17) is 5.73 Å². The second kappa shape index (κ2) is 13.6. The van der Waals surface area contributed by atoms with Crippen LogP contribution in [0.1, 0.15) is 28.3 Å². The first-order chi connectivity index (χ1) is 23.1. The number of nitrogens with zero attached hydrogens (tertiary/aromatic N) is 1. The zero-order valence-electron chi connectivity index (χ0n) is 26.4. The lowest BCUT2D eigenvalue weighted by atomic mass is 9.98. The molecule has 3 heteroatoms. The molecular weight excluding hydrogens is 589 g/mol. The molecule has 1 aliphatic heterocycles. The SMILES string of the molecule is C=c1/c(=C\C=C2/Sc3ccccc3-c3ccccc32)c2ccccc2n1-c1ccc(C(N)c2ccccc2)cc1.Cc1ccccc1. The summed E-state index contributed by atoms with van der Waals surface area (Å²) in [7, 11) is 0. The fourth-order valence-electron chi connectivity index (χ4n) is 6.18. The lowest BCUT2D eigenvalue weighted by molar-refractivity contribution is 0.870. The summed E-state index contributed by atoms with van der Waals surface area (Å²) in [6.07, 6.45) is 4.48. The van der Waals surface area contributed by atoms with Crippen molar-refractivity contribution in [3.05, 3.63) is 197 Å². The highest BCUT2D eigenvalue weighted by atomic mass is 32.2. The normalized spacial score (nSPS) is 13.8. The van der Waals surface area contributed by atoms with Gasteiger partial charge in [0, 0.05) is 31.4 Å². The Kier molecular flexibility index (Phi) is 8.75. The van der Waals surface area contributed by atoms with Crippen LogP contribution in [0.2, 0.25) is 0 Å². The predicted molar refractivity (Wildman–Crippen MR) is 202 cm³/mol. The van der Waals surface area contributed by atoms with Crippen LogP contribution in [-0.4, -0.2) is 4.57 Å². The lowest BCUT2D eigenvalue weighted by Gasteiger charge is -2.21. The average Bonchev–Trinajstić information content (AvgIpc) is 3.41. The number of aryl methyl sites for hydroxylation is 1. The summed E-state index contributed by atoms with van der Waals surface area (Å²) in [5.41, 5.74) is 16.1. The molecule has 1 aromatic heterocycles. The molecule has 2 nitrogen and oxygen atoms in total. The second-order valence-corrected chi connectivity index (χ2v) is 12.8. The van der Waals surface area contributed by atoms with Gasteiger partial charge in [-0.3, -0.25) is 0 Å². The van der Waals surface area contributed by atoms with Gasteiger partial charge in [0.1, 0.15) is 0 Å². The van der Waals surface area contributed by atoms with Crippen molar-refractivity contribution in [1.82, 2.24) is 4.57 Å². The number of hydrogen-bond acceptors (Lipinski definition) is 2. The zero-order chi connectivity index (χ0) is 32.2. The minimum atomic E-state index is -0.160. The van der Waals surface area contributed by atoms with E-state index in [9.17, 15) is 0 Å². The molecule has 0 fully saturated rings. The van der Waals surface area contributed by atoms with Crippen LogP contribution in [0.3, 0.4) is 0 Å². The van der Waals surface area contributed by atoms with E-state index in [1.165, 1.54) is 37.4 Å². The topological polar surface area (TPSA) is 30.9 Å². The maximum absolute atomic E-state index is 6.57. The number of allylic oxidation sites excluding steroid dienone is 1. The summed E-state index contributed by atoms with van der Waals surface area (Å²) >= 11 is 1.83. The van der Waals surface area contributed by atoms with Gasteiger partial charge in [0.25, 0.3) is 0 Å². The van der Waals surface area contributed by atoms with E-state index >= 15 is 0 Å². The maximum atomic E-state index is 6.57. The van der Waals surface area contributed by atoms with Crippen LogP contribution in [-0.2, 0) is 0 Å². The summed E-state index contributed by atoms with van der Waals surface area (Å²) < 4.78 is 2.24.